The van der Waals surface area contributed by atoms with Gasteiger partial charge in [0, 0.05) is 39.0 Å². The number of nitrogens with zero attached hydrogens (tertiary/aromatic N) is 5. The molecule has 0 bridgehead atoms. The number of hydrogen-bond acceptors (Lipinski definition) is 5. The van der Waals surface area contributed by atoms with Gasteiger partial charge in [-0.2, -0.15) is 0 Å². The highest BCUT2D eigenvalue weighted by atomic mass is 16.5. The van der Waals surface area contributed by atoms with Crippen LogP contribution in [0.15, 0.2) is 15.6 Å². The van der Waals surface area contributed by atoms with Gasteiger partial charge in [-0.25, -0.2) is 0 Å². The Bertz CT molecular complexity index is 747. The highest BCUT2D eigenvalue weighted by Gasteiger charge is 2.14. The minimum absolute atomic E-state index is 0.368. The zero-order valence-corrected chi connectivity index (χ0v) is 16.7. The third kappa shape index (κ3) is 5.30. The van der Waals surface area contributed by atoms with Gasteiger partial charge in [-0.05, 0) is 25.2 Å². The van der Waals surface area contributed by atoms with Crippen molar-refractivity contribution in [2.45, 2.75) is 71.4 Å². The molecule has 0 spiro atoms. The molecule has 0 radical (unpaired) electrons. The Labute approximate surface area is 160 Å². The van der Waals surface area contributed by atoms with Crippen LogP contribution in [0.2, 0.25) is 0 Å². The number of aromatic nitrogens is 4. The van der Waals surface area contributed by atoms with Crippen LogP contribution < -0.4 is 10.6 Å². The van der Waals surface area contributed by atoms with Crippen LogP contribution in [0.1, 0.15) is 68.6 Å². The Hall–Kier alpha value is -2.38. The molecule has 0 fully saturated rings. The first-order valence-corrected chi connectivity index (χ1v) is 9.98. The first kappa shape index (κ1) is 19.4. The lowest BCUT2D eigenvalue weighted by atomic mass is 10.1. The Morgan fingerprint density at radius 2 is 2.15 bits per heavy atom. The fraction of sp³-hybridized carbons (Fsp3) is 0.684. The molecule has 0 saturated heterocycles. The summed E-state index contributed by atoms with van der Waals surface area (Å²) in [6.45, 7) is 6.66. The van der Waals surface area contributed by atoms with Crippen LogP contribution in [0.4, 0.5) is 0 Å². The molecule has 27 heavy (non-hydrogen) atoms. The van der Waals surface area contributed by atoms with Crippen molar-refractivity contribution in [1.82, 2.24) is 30.6 Å². The number of aliphatic imine (C=N–C) groups is 1. The summed E-state index contributed by atoms with van der Waals surface area (Å²) in [6.07, 6.45) is 6.71. The normalized spacial score (nSPS) is 14.9. The number of rotatable bonds is 7. The zero-order valence-electron chi connectivity index (χ0n) is 16.7. The smallest absolute Gasteiger partial charge is 0.191 e. The molecule has 3 heterocycles. The molecular formula is C19H31N7O. The third-order valence-electron chi connectivity index (χ3n) is 4.88. The summed E-state index contributed by atoms with van der Waals surface area (Å²) >= 11 is 0. The van der Waals surface area contributed by atoms with E-state index in [1.165, 1.54) is 19.3 Å². The maximum Gasteiger partial charge on any atom is 0.191 e. The lowest BCUT2D eigenvalue weighted by Gasteiger charge is -2.11. The SMILES string of the molecule is CN=C(NCCCc1nnc2n1CCCCC2)NCc1cc(C(C)C)no1. The molecule has 0 unspecified atom stereocenters. The highest BCUT2D eigenvalue weighted by molar-refractivity contribution is 5.79. The maximum atomic E-state index is 5.35. The molecule has 3 rings (SSSR count). The summed E-state index contributed by atoms with van der Waals surface area (Å²) in [5.74, 6) is 4.21. The predicted octanol–water partition coefficient (Wildman–Crippen LogP) is 2.41. The Kier molecular flexibility index (Phi) is 6.84. The molecule has 0 aromatic carbocycles. The maximum absolute atomic E-state index is 5.35. The minimum atomic E-state index is 0.368. The molecule has 0 atom stereocenters. The van der Waals surface area contributed by atoms with Crippen LogP contribution in [0.5, 0.6) is 0 Å². The zero-order chi connectivity index (χ0) is 19.1. The summed E-state index contributed by atoms with van der Waals surface area (Å²) in [7, 11) is 1.77. The van der Waals surface area contributed by atoms with Crippen molar-refractivity contribution in [3.8, 4) is 0 Å². The fourth-order valence-electron chi connectivity index (χ4n) is 3.26. The average molecular weight is 374 g/mol. The first-order chi connectivity index (χ1) is 13.2. The second-order valence-corrected chi connectivity index (χ2v) is 7.32. The van der Waals surface area contributed by atoms with Crippen molar-refractivity contribution >= 4 is 5.96 Å². The van der Waals surface area contributed by atoms with Crippen LogP contribution in [-0.4, -0.2) is 39.5 Å². The van der Waals surface area contributed by atoms with Gasteiger partial charge in [-0.1, -0.05) is 25.4 Å². The van der Waals surface area contributed by atoms with E-state index in [4.69, 9.17) is 4.52 Å². The highest BCUT2D eigenvalue weighted by Crippen LogP contribution is 2.15. The second kappa shape index (κ2) is 9.53. The quantitative estimate of drug-likeness (QED) is 0.440. The predicted molar refractivity (Wildman–Crippen MR) is 105 cm³/mol. The van der Waals surface area contributed by atoms with E-state index < -0.39 is 0 Å². The lowest BCUT2D eigenvalue weighted by Crippen LogP contribution is -2.37. The molecule has 1 aliphatic rings. The first-order valence-electron chi connectivity index (χ1n) is 9.98. The van der Waals surface area contributed by atoms with Crippen molar-refractivity contribution in [3.63, 3.8) is 0 Å². The van der Waals surface area contributed by atoms with E-state index in [0.29, 0.717) is 12.5 Å². The number of guanidine groups is 1. The molecule has 8 nitrogen and oxygen atoms in total. The molecule has 8 heteroatoms. The Balaban J connectivity index is 1.40. The van der Waals surface area contributed by atoms with E-state index in [2.05, 4.69) is 49.4 Å². The second-order valence-electron chi connectivity index (χ2n) is 7.32. The average Bonchev–Trinajstić information content (AvgIpc) is 3.22. The van der Waals surface area contributed by atoms with E-state index in [-0.39, 0.29) is 0 Å². The fourth-order valence-corrected chi connectivity index (χ4v) is 3.26. The van der Waals surface area contributed by atoms with E-state index in [1.807, 2.05) is 6.07 Å². The van der Waals surface area contributed by atoms with Gasteiger partial charge in [-0.15, -0.1) is 10.2 Å². The summed E-state index contributed by atoms with van der Waals surface area (Å²) in [4.78, 5) is 4.26. The summed E-state index contributed by atoms with van der Waals surface area (Å²) < 4.78 is 7.66. The van der Waals surface area contributed by atoms with Crippen LogP contribution in [0.3, 0.4) is 0 Å². The molecule has 148 valence electrons. The summed E-state index contributed by atoms with van der Waals surface area (Å²) in [5, 5.41) is 19.4. The van der Waals surface area contributed by atoms with Crippen LogP contribution >= 0.6 is 0 Å². The molecule has 0 amide bonds. The van der Waals surface area contributed by atoms with Gasteiger partial charge in [0.2, 0.25) is 0 Å². The van der Waals surface area contributed by atoms with Crippen molar-refractivity contribution in [3.05, 3.63) is 29.2 Å². The number of fused-ring (bicyclic) bond motifs is 1. The molecule has 0 aliphatic carbocycles. The van der Waals surface area contributed by atoms with Gasteiger partial charge in [-0.3, -0.25) is 4.99 Å². The molecule has 1 aliphatic heterocycles. The number of hydrogen-bond donors (Lipinski definition) is 2. The van der Waals surface area contributed by atoms with Crippen molar-refractivity contribution in [2.75, 3.05) is 13.6 Å². The molecule has 0 saturated carbocycles. The summed E-state index contributed by atoms with van der Waals surface area (Å²) in [6, 6.07) is 1.99. The number of nitrogens with one attached hydrogen (secondary N) is 2. The number of aryl methyl sites for hydroxylation is 2. The molecule has 2 aromatic heterocycles. The van der Waals surface area contributed by atoms with Gasteiger partial charge < -0.3 is 19.7 Å². The van der Waals surface area contributed by atoms with Gasteiger partial charge in [0.15, 0.2) is 11.7 Å². The minimum Gasteiger partial charge on any atom is -0.359 e. The van der Waals surface area contributed by atoms with Gasteiger partial charge in [0.05, 0.1) is 12.2 Å². The largest absolute Gasteiger partial charge is 0.359 e. The Morgan fingerprint density at radius 3 is 2.93 bits per heavy atom. The van der Waals surface area contributed by atoms with E-state index in [1.54, 1.807) is 7.05 Å². The van der Waals surface area contributed by atoms with Crippen molar-refractivity contribution < 1.29 is 4.52 Å². The van der Waals surface area contributed by atoms with E-state index >= 15 is 0 Å². The molecule has 2 N–H and O–H groups in total. The van der Waals surface area contributed by atoms with Crippen LogP contribution in [0, 0.1) is 0 Å². The van der Waals surface area contributed by atoms with Gasteiger partial charge in [0.1, 0.15) is 11.6 Å². The lowest BCUT2D eigenvalue weighted by molar-refractivity contribution is 0.372. The van der Waals surface area contributed by atoms with Crippen LogP contribution in [-0.2, 0) is 25.9 Å². The van der Waals surface area contributed by atoms with E-state index in [0.717, 1.165) is 61.4 Å². The third-order valence-corrected chi connectivity index (χ3v) is 4.88. The van der Waals surface area contributed by atoms with Gasteiger partial charge in [0.25, 0.3) is 0 Å². The molecular weight excluding hydrogens is 342 g/mol. The monoisotopic (exact) mass is 373 g/mol. The van der Waals surface area contributed by atoms with Crippen LogP contribution in [0.25, 0.3) is 0 Å². The molecule has 2 aromatic rings. The topological polar surface area (TPSA) is 93.2 Å². The summed E-state index contributed by atoms with van der Waals surface area (Å²) in [5.41, 5.74) is 0.974. The van der Waals surface area contributed by atoms with Crippen molar-refractivity contribution in [1.29, 1.82) is 0 Å². The standard InChI is InChI=1S/C19H31N7O/c1-14(2)16-12-15(27-25-16)13-22-19(20-3)21-10-7-9-18-24-23-17-8-5-4-6-11-26(17)18/h12,14H,4-11,13H2,1-3H3,(H2,20,21,22). The Morgan fingerprint density at radius 1 is 1.26 bits per heavy atom. The van der Waals surface area contributed by atoms with Crippen molar-refractivity contribution in [2.24, 2.45) is 4.99 Å². The van der Waals surface area contributed by atoms with Gasteiger partial charge >= 0.3 is 0 Å². The van der Waals surface area contributed by atoms with E-state index in [9.17, 15) is 0 Å².